The molecule has 4 rings (SSSR count). The number of ether oxygens (including phenoxy) is 1. The second kappa shape index (κ2) is 9.68. The number of benzene rings is 2. The quantitative estimate of drug-likeness (QED) is 0.601. The zero-order valence-corrected chi connectivity index (χ0v) is 18.4. The van der Waals surface area contributed by atoms with Crippen molar-refractivity contribution < 1.29 is 18.8 Å². The SMILES string of the molecule is Cc1noc(C)c1COc1ccc(CC(=O)Nc2cccc(C(=O)N3CCCC3)c2)cc1. The molecule has 0 unspecified atom stereocenters. The van der Waals surface area contributed by atoms with Crippen LogP contribution in [0.1, 0.15) is 45.8 Å². The third-order valence-corrected chi connectivity index (χ3v) is 5.64. The van der Waals surface area contributed by atoms with Crippen LogP contribution in [0.4, 0.5) is 5.69 Å². The molecule has 1 fully saturated rings. The lowest BCUT2D eigenvalue weighted by Gasteiger charge is -2.15. The first kappa shape index (κ1) is 21.6. The molecule has 166 valence electrons. The van der Waals surface area contributed by atoms with E-state index in [1.165, 1.54) is 0 Å². The van der Waals surface area contributed by atoms with Gasteiger partial charge in [0.05, 0.1) is 17.7 Å². The van der Waals surface area contributed by atoms with E-state index in [4.69, 9.17) is 9.26 Å². The van der Waals surface area contributed by atoms with Crippen LogP contribution in [0.25, 0.3) is 0 Å². The molecule has 0 saturated carbocycles. The summed E-state index contributed by atoms with van der Waals surface area (Å²) in [6, 6.07) is 14.5. The Kier molecular flexibility index (Phi) is 6.54. The van der Waals surface area contributed by atoms with Crippen LogP contribution >= 0.6 is 0 Å². The van der Waals surface area contributed by atoms with Crippen molar-refractivity contribution in [3.05, 3.63) is 76.7 Å². The predicted molar refractivity (Wildman–Crippen MR) is 121 cm³/mol. The zero-order chi connectivity index (χ0) is 22.5. The first-order valence-corrected chi connectivity index (χ1v) is 10.8. The monoisotopic (exact) mass is 433 g/mol. The Morgan fingerprint density at radius 3 is 2.53 bits per heavy atom. The van der Waals surface area contributed by atoms with Gasteiger partial charge in [0.1, 0.15) is 18.1 Å². The third-order valence-electron chi connectivity index (χ3n) is 5.64. The molecule has 1 aliphatic heterocycles. The third kappa shape index (κ3) is 5.17. The smallest absolute Gasteiger partial charge is 0.253 e. The number of aryl methyl sites for hydroxylation is 2. The van der Waals surface area contributed by atoms with E-state index in [0.717, 1.165) is 48.5 Å². The number of carbonyl (C=O) groups is 2. The first-order valence-electron chi connectivity index (χ1n) is 10.8. The summed E-state index contributed by atoms with van der Waals surface area (Å²) in [6.07, 6.45) is 2.33. The van der Waals surface area contributed by atoms with Crippen molar-refractivity contribution in [1.29, 1.82) is 0 Å². The number of aromatic nitrogens is 1. The zero-order valence-electron chi connectivity index (χ0n) is 18.4. The van der Waals surface area contributed by atoms with Crippen LogP contribution in [0.5, 0.6) is 5.75 Å². The fourth-order valence-corrected chi connectivity index (χ4v) is 3.79. The number of carbonyl (C=O) groups excluding carboxylic acids is 2. The highest BCUT2D eigenvalue weighted by Gasteiger charge is 2.19. The Labute approximate surface area is 187 Å². The highest BCUT2D eigenvalue weighted by Crippen LogP contribution is 2.19. The molecular formula is C25H27N3O4. The second-order valence-corrected chi connectivity index (χ2v) is 8.04. The number of hydrogen-bond acceptors (Lipinski definition) is 5. The highest BCUT2D eigenvalue weighted by atomic mass is 16.5. The minimum absolute atomic E-state index is 0.0192. The Balaban J connectivity index is 1.31. The number of anilines is 1. The van der Waals surface area contributed by atoms with Gasteiger partial charge in [-0.05, 0) is 62.6 Å². The molecule has 1 aromatic heterocycles. The predicted octanol–water partition coefficient (Wildman–Crippen LogP) is 4.29. The molecule has 0 radical (unpaired) electrons. The standard InChI is InChI=1S/C25H27N3O4/c1-17-23(18(2)32-27-17)16-31-22-10-8-19(9-11-22)14-24(29)26-21-7-5-6-20(15-21)25(30)28-12-3-4-13-28/h5-11,15H,3-4,12-14,16H2,1-2H3,(H,26,29). The molecule has 7 heteroatoms. The largest absolute Gasteiger partial charge is 0.489 e. The molecule has 0 spiro atoms. The van der Waals surface area contributed by atoms with Crippen LogP contribution in [0.2, 0.25) is 0 Å². The molecule has 2 aromatic carbocycles. The van der Waals surface area contributed by atoms with Crippen molar-refractivity contribution in [2.75, 3.05) is 18.4 Å². The number of rotatable bonds is 7. The topological polar surface area (TPSA) is 84.7 Å². The molecule has 1 saturated heterocycles. The number of amides is 2. The maximum Gasteiger partial charge on any atom is 0.253 e. The van der Waals surface area contributed by atoms with Gasteiger partial charge >= 0.3 is 0 Å². The summed E-state index contributed by atoms with van der Waals surface area (Å²) in [5.41, 5.74) is 3.86. The van der Waals surface area contributed by atoms with Crippen molar-refractivity contribution in [2.45, 2.75) is 39.7 Å². The maximum absolute atomic E-state index is 12.6. The normalized spacial score (nSPS) is 13.2. The average molecular weight is 434 g/mol. The summed E-state index contributed by atoms with van der Waals surface area (Å²) in [6.45, 7) is 5.72. The molecule has 2 heterocycles. The van der Waals surface area contributed by atoms with Crippen molar-refractivity contribution in [2.24, 2.45) is 0 Å². The molecule has 1 N–H and O–H groups in total. The Bertz CT molecular complexity index is 1080. The summed E-state index contributed by atoms with van der Waals surface area (Å²) < 4.78 is 11.0. The molecule has 32 heavy (non-hydrogen) atoms. The van der Waals surface area contributed by atoms with Gasteiger partial charge in [-0.2, -0.15) is 0 Å². The summed E-state index contributed by atoms with van der Waals surface area (Å²) >= 11 is 0. The number of hydrogen-bond donors (Lipinski definition) is 1. The van der Waals surface area contributed by atoms with Gasteiger partial charge in [0.25, 0.3) is 5.91 Å². The van der Waals surface area contributed by atoms with E-state index in [9.17, 15) is 9.59 Å². The fraction of sp³-hybridized carbons (Fsp3) is 0.320. The Hall–Kier alpha value is -3.61. The van der Waals surface area contributed by atoms with Gasteiger partial charge in [0.2, 0.25) is 5.91 Å². The molecular weight excluding hydrogens is 406 g/mol. The lowest BCUT2D eigenvalue weighted by atomic mass is 10.1. The average Bonchev–Trinajstić information content (AvgIpc) is 3.43. The van der Waals surface area contributed by atoms with E-state index in [-0.39, 0.29) is 18.2 Å². The van der Waals surface area contributed by atoms with Gasteiger partial charge in [0.15, 0.2) is 0 Å². The Morgan fingerprint density at radius 1 is 1.09 bits per heavy atom. The molecule has 1 aliphatic rings. The van der Waals surface area contributed by atoms with Gasteiger partial charge in [-0.15, -0.1) is 0 Å². The van der Waals surface area contributed by atoms with Crippen molar-refractivity contribution >= 4 is 17.5 Å². The maximum atomic E-state index is 12.6. The van der Waals surface area contributed by atoms with Crippen LogP contribution < -0.4 is 10.1 Å². The van der Waals surface area contributed by atoms with E-state index in [1.807, 2.05) is 43.0 Å². The Morgan fingerprint density at radius 2 is 1.84 bits per heavy atom. The molecule has 0 bridgehead atoms. The second-order valence-electron chi connectivity index (χ2n) is 8.04. The van der Waals surface area contributed by atoms with Crippen LogP contribution in [0, 0.1) is 13.8 Å². The summed E-state index contributed by atoms with van der Waals surface area (Å²) in [4.78, 5) is 26.9. The van der Waals surface area contributed by atoms with Crippen LogP contribution in [-0.4, -0.2) is 35.0 Å². The molecule has 0 aliphatic carbocycles. The lowest BCUT2D eigenvalue weighted by Crippen LogP contribution is -2.27. The van der Waals surface area contributed by atoms with Gasteiger partial charge in [0, 0.05) is 24.3 Å². The van der Waals surface area contributed by atoms with Crippen molar-refractivity contribution in [1.82, 2.24) is 10.1 Å². The highest BCUT2D eigenvalue weighted by molar-refractivity contribution is 5.97. The first-order chi connectivity index (χ1) is 15.5. The van der Waals surface area contributed by atoms with Gasteiger partial charge in [-0.25, -0.2) is 0 Å². The number of nitrogens with zero attached hydrogens (tertiary/aromatic N) is 2. The van der Waals surface area contributed by atoms with E-state index in [1.54, 1.807) is 24.3 Å². The van der Waals surface area contributed by atoms with E-state index in [0.29, 0.717) is 23.6 Å². The van der Waals surface area contributed by atoms with E-state index >= 15 is 0 Å². The van der Waals surface area contributed by atoms with Crippen molar-refractivity contribution in [3.63, 3.8) is 0 Å². The van der Waals surface area contributed by atoms with Crippen LogP contribution in [0.3, 0.4) is 0 Å². The van der Waals surface area contributed by atoms with E-state index in [2.05, 4.69) is 10.5 Å². The molecule has 0 atom stereocenters. The van der Waals surface area contributed by atoms with Gasteiger partial charge in [-0.3, -0.25) is 9.59 Å². The lowest BCUT2D eigenvalue weighted by molar-refractivity contribution is -0.115. The minimum atomic E-state index is -0.139. The summed E-state index contributed by atoms with van der Waals surface area (Å²) in [7, 11) is 0. The molecule has 3 aromatic rings. The van der Waals surface area contributed by atoms with Crippen LogP contribution in [-0.2, 0) is 17.8 Å². The van der Waals surface area contributed by atoms with Crippen molar-refractivity contribution in [3.8, 4) is 5.75 Å². The summed E-state index contributed by atoms with van der Waals surface area (Å²) in [5.74, 6) is 1.34. The number of nitrogens with one attached hydrogen (secondary N) is 1. The van der Waals surface area contributed by atoms with Gasteiger partial charge < -0.3 is 19.5 Å². The minimum Gasteiger partial charge on any atom is -0.489 e. The van der Waals surface area contributed by atoms with Gasteiger partial charge in [-0.1, -0.05) is 23.4 Å². The van der Waals surface area contributed by atoms with E-state index < -0.39 is 0 Å². The summed E-state index contributed by atoms with van der Waals surface area (Å²) in [5, 5.41) is 6.81. The molecule has 2 amide bonds. The number of likely N-dealkylation sites (tertiary alicyclic amines) is 1. The van der Waals surface area contributed by atoms with Crippen LogP contribution in [0.15, 0.2) is 53.1 Å². The fourth-order valence-electron chi connectivity index (χ4n) is 3.79. The molecule has 7 nitrogen and oxygen atoms in total.